The number of fused-ring (bicyclic) bond motifs is 1. The van der Waals surface area contributed by atoms with E-state index >= 15 is 0 Å². The summed E-state index contributed by atoms with van der Waals surface area (Å²) in [7, 11) is 0. The number of anilines is 2. The number of rotatable bonds is 7. The van der Waals surface area contributed by atoms with E-state index in [1.165, 1.54) is 6.92 Å². The molecular formula is C27H24N6O3. The lowest BCUT2D eigenvalue weighted by molar-refractivity contribution is -0.114. The summed E-state index contributed by atoms with van der Waals surface area (Å²) in [5.74, 6) is 0.158. The monoisotopic (exact) mass is 480 g/mol. The van der Waals surface area contributed by atoms with Gasteiger partial charge in [-0.1, -0.05) is 54.0 Å². The Bertz CT molecular complexity index is 1540. The van der Waals surface area contributed by atoms with Crippen molar-refractivity contribution in [3.63, 3.8) is 0 Å². The summed E-state index contributed by atoms with van der Waals surface area (Å²) in [5, 5.41) is 19.1. The molecule has 2 amide bonds. The van der Waals surface area contributed by atoms with E-state index in [4.69, 9.17) is 4.52 Å². The fraction of sp³-hybridized carbons (Fsp3) is 0.148. The van der Waals surface area contributed by atoms with Crippen molar-refractivity contribution >= 4 is 34.1 Å². The van der Waals surface area contributed by atoms with Crippen molar-refractivity contribution in [2.75, 3.05) is 10.6 Å². The first kappa shape index (κ1) is 23.0. The van der Waals surface area contributed by atoms with Crippen LogP contribution >= 0.6 is 0 Å². The highest BCUT2D eigenvalue weighted by molar-refractivity contribution is 6.04. The molecule has 0 aliphatic heterocycles. The summed E-state index contributed by atoms with van der Waals surface area (Å²) in [6.45, 7) is 3.48. The molecule has 0 aliphatic carbocycles. The molecule has 9 nitrogen and oxygen atoms in total. The number of carbonyl (C=O) groups excluding carboxylic acids is 2. The Morgan fingerprint density at radius 3 is 2.36 bits per heavy atom. The standard InChI is InChI=1S/C27H24N6O3/c1-3-7-24-25(27(35)29-20-12-10-19(11-13-20)28-17(2)34)30-32-33(24)21-14-15-23-22(16-21)26(36-31-23)18-8-5-4-6-9-18/h4-6,8-16H,3,7H2,1-2H3,(H,28,34)(H,29,35). The molecule has 0 saturated carbocycles. The molecule has 0 fully saturated rings. The van der Waals surface area contributed by atoms with Crippen LogP contribution in [0.5, 0.6) is 0 Å². The average Bonchev–Trinajstić information content (AvgIpc) is 3.50. The Labute approximate surface area is 207 Å². The van der Waals surface area contributed by atoms with Crippen LogP contribution in [0.2, 0.25) is 0 Å². The number of aromatic nitrogens is 4. The van der Waals surface area contributed by atoms with Crippen LogP contribution in [-0.2, 0) is 11.2 Å². The van der Waals surface area contributed by atoms with E-state index in [0.717, 1.165) is 28.6 Å². The van der Waals surface area contributed by atoms with Gasteiger partial charge in [-0.25, -0.2) is 4.68 Å². The number of hydrogen-bond acceptors (Lipinski definition) is 6. The number of nitrogens with one attached hydrogen (secondary N) is 2. The fourth-order valence-electron chi connectivity index (χ4n) is 4.04. The van der Waals surface area contributed by atoms with E-state index in [1.54, 1.807) is 28.9 Å². The second-order valence-corrected chi connectivity index (χ2v) is 8.34. The van der Waals surface area contributed by atoms with E-state index < -0.39 is 0 Å². The predicted molar refractivity (Wildman–Crippen MR) is 137 cm³/mol. The molecule has 2 heterocycles. The zero-order valence-electron chi connectivity index (χ0n) is 19.9. The zero-order valence-corrected chi connectivity index (χ0v) is 19.9. The number of nitrogens with zero attached hydrogens (tertiary/aromatic N) is 4. The van der Waals surface area contributed by atoms with Gasteiger partial charge in [-0.05, 0) is 48.9 Å². The predicted octanol–water partition coefficient (Wildman–Crippen LogP) is 5.24. The van der Waals surface area contributed by atoms with Crippen molar-refractivity contribution in [3.8, 4) is 17.0 Å². The van der Waals surface area contributed by atoms with Gasteiger partial charge in [0.25, 0.3) is 5.91 Å². The Hall–Kier alpha value is -4.79. The minimum absolute atomic E-state index is 0.159. The van der Waals surface area contributed by atoms with Gasteiger partial charge in [0, 0.05) is 23.9 Å². The third kappa shape index (κ3) is 4.58. The Morgan fingerprint density at radius 1 is 0.944 bits per heavy atom. The number of amides is 2. The molecule has 36 heavy (non-hydrogen) atoms. The molecule has 0 spiro atoms. The van der Waals surface area contributed by atoms with Crippen LogP contribution in [0.1, 0.15) is 36.5 Å². The van der Waals surface area contributed by atoms with Gasteiger partial charge in [0.05, 0.1) is 16.8 Å². The lowest BCUT2D eigenvalue weighted by Gasteiger charge is -2.09. The van der Waals surface area contributed by atoms with Gasteiger partial charge >= 0.3 is 0 Å². The summed E-state index contributed by atoms with van der Waals surface area (Å²) in [6, 6.07) is 22.4. The normalized spacial score (nSPS) is 10.9. The maximum absolute atomic E-state index is 13.1. The molecule has 0 radical (unpaired) electrons. The third-order valence-electron chi connectivity index (χ3n) is 5.67. The highest BCUT2D eigenvalue weighted by Gasteiger charge is 2.21. The van der Waals surface area contributed by atoms with Crippen molar-refractivity contribution in [1.82, 2.24) is 20.2 Å². The minimum Gasteiger partial charge on any atom is -0.355 e. The Balaban J connectivity index is 1.46. The molecule has 0 aliphatic rings. The molecule has 0 saturated heterocycles. The molecule has 5 aromatic rings. The van der Waals surface area contributed by atoms with Gasteiger partial charge < -0.3 is 15.2 Å². The first-order valence-corrected chi connectivity index (χ1v) is 11.6. The van der Waals surface area contributed by atoms with Crippen LogP contribution in [0, 0.1) is 0 Å². The van der Waals surface area contributed by atoms with E-state index in [9.17, 15) is 9.59 Å². The van der Waals surface area contributed by atoms with Gasteiger partial charge in [-0.3, -0.25) is 9.59 Å². The number of benzene rings is 3. The van der Waals surface area contributed by atoms with Crippen LogP contribution in [0.4, 0.5) is 11.4 Å². The first-order valence-electron chi connectivity index (χ1n) is 11.6. The zero-order chi connectivity index (χ0) is 25.1. The van der Waals surface area contributed by atoms with Crippen LogP contribution in [0.15, 0.2) is 77.3 Å². The van der Waals surface area contributed by atoms with Crippen LogP contribution in [0.25, 0.3) is 27.9 Å². The van der Waals surface area contributed by atoms with Gasteiger partial charge in [-0.2, -0.15) is 0 Å². The summed E-state index contributed by atoms with van der Waals surface area (Å²) < 4.78 is 7.32. The number of hydrogen-bond donors (Lipinski definition) is 2. The van der Waals surface area contributed by atoms with Gasteiger partial charge in [0.15, 0.2) is 11.5 Å². The molecule has 0 bridgehead atoms. The molecule has 3 aromatic carbocycles. The summed E-state index contributed by atoms with van der Waals surface area (Å²) >= 11 is 0. The smallest absolute Gasteiger partial charge is 0.278 e. The molecule has 2 N–H and O–H groups in total. The highest BCUT2D eigenvalue weighted by atomic mass is 16.5. The second-order valence-electron chi connectivity index (χ2n) is 8.34. The van der Waals surface area contributed by atoms with E-state index in [0.29, 0.717) is 29.2 Å². The van der Waals surface area contributed by atoms with Gasteiger partial charge in [-0.15, -0.1) is 5.10 Å². The molecule has 9 heteroatoms. The topological polar surface area (TPSA) is 115 Å². The first-order chi connectivity index (χ1) is 17.5. The SMILES string of the molecule is CCCc1c(C(=O)Nc2ccc(NC(C)=O)cc2)nnn1-c1ccc2noc(-c3ccccc3)c2c1. The second kappa shape index (κ2) is 9.83. The summed E-state index contributed by atoms with van der Waals surface area (Å²) in [5.41, 5.74) is 4.63. The minimum atomic E-state index is -0.354. The Kier molecular flexibility index (Phi) is 6.27. The Morgan fingerprint density at radius 2 is 1.67 bits per heavy atom. The maximum atomic E-state index is 13.1. The molecule has 0 unspecified atom stereocenters. The largest absolute Gasteiger partial charge is 0.355 e. The lowest BCUT2D eigenvalue weighted by Crippen LogP contribution is -2.15. The fourth-order valence-corrected chi connectivity index (χ4v) is 4.04. The van der Waals surface area contributed by atoms with Gasteiger partial charge in [0.2, 0.25) is 5.91 Å². The van der Waals surface area contributed by atoms with E-state index in [1.807, 2.05) is 55.5 Å². The maximum Gasteiger partial charge on any atom is 0.278 e. The van der Waals surface area contributed by atoms with Crippen LogP contribution in [-0.4, -0.2) is 32.0 Å². The quantitative estimate of drug-likeness (QED) is 0.329. The third-order valence-corrected chi connectivity index (χ3v) is 5.67. The summed E-state index contributed by atoms with van der Waals surface area (Å²) in [4.78, 5) is 24.3. The molecular weight excluding hydrogens is 456 g/mol. The van der Waals surface area contributed by atoms with Gasteiger partial charge in [0.1, 0.15) is 5.52 Å². The van der Waals surface area contributed by atoms with Crippen molar-refractivity contribution in [2.45, 2.75) is 26.7 Å². The average molecular weight is 481 g/mol. The van der Waals surface area contributed by atoms with Crippen molar-refractivity contribution in [1.29, 1.82) is 0 Å². The van der Waals surface area contributed by atoms with Crippen molar-refractivity contribution in [2.24, 2.45) is 0 Å². The van der Waals surface area contributed by atoms with E-state index in [-0.39, 0.29) is 17.5 Å². The van der Waals surface area contributed by atoms with Crippen molar-refractivity contribution in [3.05, 3.63) is 84.2 Å². The molecule has 180 valence electrons. The lowest BCUT2D eigenvalue weighted by atomic mass is 10.1. The summed E-state index contributed by atoms with van der Waals surface area (Å²) in [6.07, 6.45) is 1.42. The van der Waals surface area contributed by atoms with Crippen LogP contribution < -0.4 is 10.6 Å². The van der Waals surface area contributed by atoms with E-state index in [2.05, 4.69) is 26.1 Å². The molecule has 5 rings (SSSR count). The van der Waals surface area contributed by atoms with Crippen LogP contribution in [0.3, 0.4) is 0 Å². The van der Waals surface area contributed by atoms with Crippen molar-refractivity contribution < 1.29 is 14.1 Å². The molecule has 2 aromatic heterocycles. The number of carbonyl (C=O) groups is 2. The highest BCUT2D eigenvalue weighted by Crippen LogP contribution is 2.30. The molecule has 0 atom stereocenters.